The monoisotopic (exact) mass is 291 g/mol. The van der Waals surface area contributed by atoms with E-state index in [-0.39, 0.29) is 24.0 Å². The van der Waals surface area contributed by atoms with Gasteiger partial charge in [0.2, 0.25) is 0 Å². The predicted molar refractivity (Wildman–Crippen MR) is 65.2 cm³/mol. The zero-order chi connectivity index (χ0) is 13.3. The first-order valence-corrected chi connectivity index (χ1v) is 7.57. The standard InChI is InChI=1S/C10H13NO5S2/c1-7-2-3-9(17-7)18(14,15)11-4-5-16-6-8(11)10(12)13/h2-3,8H,4-6H2,1H3,(H,12,13). The minimum Gasteiger partial charge on any atom is -0.480 e. The molecule has 1 fully saturated rings. The lowest BCUT2D eigenvalue weighted by Gasteiger charge is -2.31. The van der Waals surface area contributed by atoms with Crippen molar-refractivity contribution in [3.63, 3.8) is 0 Å². The van der Waals surface area contributed by atoms with Crippen molar-refractivity contribution in [1.29, 1.82) is 0 Å². The van der Waals surface area contributed by atoms with Crippen LogP contribution < -0.4 is 0 Å². The fourth-order valence-corrected chi connectivity index (χ4v) is 4.70. The third-order valence-electron chi connectivity index (χ3n) is 2.64. The molecule has 0 radical (unpaired) electrons. The lowest BCUT2D eigenvalue weighted by molar-refractivity contribution is -0.146. The van der Waals surface area contributed by atoms with Crippen LogP contribution in [0.1, 0.15) is 4.88 Å². The summed E-state index contributed by atoms with van der Waals surface area (Å²) in [5.74, 6) is -1.19. The van der Waals surface area contributed by atoms with Gasteiger partial charge in [0.1, 0.15) is 10.3 Å². The largest absolute Gasteiger partial charge is 0.480 e. The van der Waals surface area contributed by atoms with Gasteiger partial charge in [-0.25, -0.2) is 8.42 Å². The van der Waals surface area contributed by atoms with Crippen molar-refractivity contribution in [2.75, 3.05) is 19.8 Å². The molecule has 2 rings (SSSR count). The molecule has 1 unspecified atom stereocenters. The van der Waals surface area contributed by atoms with Crippen molar-refractivity contribution in [3.05, 3.63) is 17.0 Å². The van der Waals surface area contributed by atoms with Gasteiger partial charge >= 0.3 is 5.97 Å². The third kappa shape index (κ3) is 2.41. The van der Waals surface area contributed by atoms with Gasteiger partial charge in [0, 0.05) is 11.4 Å². The van der Waals surface area contributed by atoms with Crippen LogP contribution >= 0.6 is 11.3 Å². The topological polar surface area (TPSA) is 83.9 Å². The Morgan fingerprint density at radius 3 is 2.83 bits per heavy atom. The van der Waals surface area contributed by atoms with Crippen molar-refractivity contribution in [3.8, 4) is 0 Å². The summed E-state index contributed by atoms with van der Waals surface area (Å²) in [6, 6.07) is 2.06. The molecule has 1 N–H and O–H groups in total. The Kier molecular flexibility index (Phi) is 3.71. The number of hydrogen-bond donors (Lipinski definition) is 1. The summed E-state index contributed by atoms with van der Waals surface area (Å²) in [6.45, 7) is 1.97. The molecule has 0 bridgehead atoms. The predicted octanol–water partition coefficient (Wildman–Crippen LogP) is 0.531. The molecule has 8 heteroatoms. The summed E-state index contributed by atoms with van der Waals surface area (Å²) >= 11 is 1.14. The Bertz CT molecular complexity index is 550. The summed E-state index contributed by atoms with van der Waals surface area (Å²) in [6.07, 6.45) is 0. The van der Waals surface area contributed by atoms with E-state index >= 15 is 0 Å². The van der Waals surface area contributed by atoms with Crippen LogP contribution in [0, 0.1) is 6.92 Å². The number of aryl methyl sites for hydroxylation is 1. The molecule has 1 aliphatic heterocycles. The van der Waals surface area contributed by atoms with Crippen molar-refractivity contribution in [1.82, 2.24) is 4.31 Å². The average Bonchev–Trinajstić information content (AvgIpc) is 2.76. The highest BCUT2D eigenvalue weighted by molar-refractivity contribution is 7.91. The Morgan fingerprint density at radius 1 is 1.56 bits per heavy atom. The first-order chi connectivity index (χ1) is 8.43. The van der Waals surface area contributed by atoms with Gasteiger partial charge in [0.05, 0.1) is 13.2 Å². The summed E-state index contributed by atoms with van der Waals surface area (Å²) < 4.78 is 30.9. The summed E-state index contributed by atoms with van der Waals surface area (Å²) in [5, 5.41) is 9.04. The second kappa shape index (κ2) is 4.96. The van der Waals surface area contributed by atoms with Crippen LogP contribution in [0.5, 0.6) is 0 Å². The van der Waals surface area contributed by atoms with Crippen LogP contribution in [0.15, 0.2) is 16.3 Å². The first kappa shape index (κ1) is 13.5. The molecule has 1 aliphatic rings. The maximum atomic E-state index is 12.3. The van der Waals surface area contributed by atoms with E-state index in [1.807, 2.05) is 0 Å². The molecule has 0 saturated carbocycles. The van der Waals surface area contributed by atoms with Gasteiger partial charge in [-0.05, 0) is 19.1 Å². The van der Waals surface area contributed by atoms with Gasteiger partial charge in [-0.3, -0.25) is 4.79 Å². The number of nitrogens with zero attached hydrogens (tertiary/aromatic N) is 1. The van der Waals surface area contributed by atoms with E-state index in [1.165, 1.54) is 6.07 Å². The molecule has 0 aliphatic carbocycles. The Morgan fingerprint density at radius 2 is 2.28 bits per heavy atom. The lowest BCUT2D eigenvalue weighted by atomic mass is 10.3. The second-order valence-electron chi connectivity index (χ2n) is 3.91. The molecule has 1 saturated heterocycles. The number of rotatable bonds is 3. The second-order valence-corrected chi connectivity index (χ2v) is 7.32. The number of aliphatic carboxylic acids is 1. The maximum Gasteiger partial charge on any atom is 0.324 e. The van der Waals surface area contributed by atoms with E-state index < -0.39 is 22.0 Å². The molecule has 0 amide bonds. The molecular weight excluding hydrogens is 278 g/mol. The van der Waals surface area contributed by atoms with Crippen LogP contribution in [0.2, 0.25) is 0 Å². The fraction of sp³-hybridized carbons (Fsp3) is 0.500. The van der Waals surface area contributed by atoms with E-state index in [0.29, 0.717) is 0 Å². The van der Waals surface area contributed by atoms with E-state index in [4.69, 9.17) is 9.84 Å². The van der Waals surface area contributed by atoms with Crippen LogP contribution in [0.4, 0.5) is 0 Å². The van der Waals surface area contributed by atoms with E-state index in [0.717, 1.165) is 20.5 Å². The normalized spacial score (nSPS) is 21.9. The number of hydrogen-bond acceptors (Lipinski definition) is 5. The van der Waals surface area contributed by atoms with Gasteiger partial charge in [-0.15, -0.1) is 11.3 Å². The molecule has 1 atom stereocenters. The SMILES string of the molecule is Cc1ccc(S(=O)(=O)N2CCOCC2C(=O)O)s1. The minimum atomic E-state index is -3.74. The smallest absolute Gasteiger partial charge is 0.324 e. The van der Waals surface area contributed by atoms with Gasteiger partial charge < -0.3 is 9.84 Å². The van der Waals surface area contributed by atoms with Gasteiger partial charge in [0.25, 0.3) is 10.0 Å². The third-order valence-corrected chi connectivity index (χ3v) is 6.02. The van der Waals surface area contributed by atoms with Crippen LogP contribution in [0.25, 0.3) is 0 Å². The molecule has 0 aromatic carbocycles. The molecular formula is C10H13NO5S2. The molecule has 18 heavy (non-hydrogen) atoms. The van der Waals surface area contributed by atoms with Gasteiger partial charge in [-0.2, -0.15) is 4.31 Å². The summed E-state index contributed by atoms with van der Waals surface area (Å²) in [5.41, 5.74) is 0. The number of carboxylic acids is 1. The highest BCUT2D eigenvalue weighted by Crippen LogP contribution is 2.26. The van der Waals surface area contributed by atoms with Gasteiger partial charge in [0.15, 0.2) is 0 Å². The molecule has 6 nitrogen and oxygen atoms in total. The molecule has 1 aromatic rings. The van der Waals surface area contributed by atoms with Crippen molar-refractivity contribution in [2.24, 2.45) is 0 Å². The zero-order valence-corrected chi connectivity index (χ0v) is 11.3. The van der Waals surface area contributed by atoms with Crippen LogP contribution in [-0.2, 0) is 19.6 Å². The highest BCUT2D eigenvalue weighted by Gasteiger charge is 2.38. The van der Waals surface area contributed by atoms with Crippen molar-refractivity contribution < 1.29 is 23.1 Å². The number of sulfonamides is 1. The number of carboxylic acid groups (broad SMARTS) is 1. The zero-order valence-electron chi connectivity index (χ0n) is 9.70. The number of ether oxygens (including phenoxy) is 1. The van der Waals surface area contributed by atoms with Crippen molar-refractivity contribution in [2.45, 2.75) is 17.2 Å². The number of carbonyl (C=O) groups is 1. The van der Waals surface area contributed by atoms with E-state index in [9.17, 15) is 13.2 Å². The summed E-state index contributed by atoms with van der Waals surface area (Å²) in [4.78, 5) is 11.9. The molecule has 1 aromatic heterocycles. The van der Waals surface area contributed by atoms with Crippen LogP contribution in [0.3, 0.4) is 0 Å². The maximum absolute atomic E-state index is 12.3. The fourth-order valence-electron chi connectivity index (χ4n) is 1.74. The highest BCUT2D eigenvalue weighted by atomic mass is 32.2. The number of thiophene rings is 1. The van der Waals surface area contributed by atoms with Crippen LogP contribution in [-0.4, -0.2) is 49.6 Å². The minimum absolute atomic E-state index is 0.0657. The van der Waals surface area contributed by atoms with E-state index in [1.54, 1.807) is 13.0 Å². The lowest BCUT2D eigenvalue weighted by Crippen LogP contribution is -2.52. The van der Waals surface area contributed by atoms with Gasteiger partial charge in [-0.1, -0.05) is 0 Å². The summed E-state index contributed by atoms with van der Waals surface area (Å²) in [7, 11) is -3.74. The molecule has 2 heterocycles. The van der Waals surface area contributed by atoms with E-state index in [2.05, 4.69) is 0 Å². The number of morpholine rings is 1. The quantitative estimate of drug-likeness (QED) is 0.878. The Balaban J connectivity index is 2.36. The Labute approximate surface area is 109 Å². The molecule has 100 valence electrons. The average molecular weight is 291 g/mol. The first-order valence-electron chi connectivity index (χ1n) is 5.32. The van der Waals surface area contributed by atoms with Crippen molar-refractivity contribution >= 4 is 27.3 Å². The molecule has 0 spiro atoms. The Hall–Kier alpha value is -0.960.